The van der Waals surface area contributed by atoms with E-state index in [1.54, 1.807) is 6.07 Å². The molecular formula is C19H29FN2O2. The highest BCUT2D eigenvalue weighted by molar-refractivity contribution is 5.47. The standard InChI is InChI=1S/C19H29FN2O2/c1-15-5-4-8-19(15)24-14-16(23)13-21-9-11-22(12-10-21)18-7-3-2-6-17(18)20/h2-3,6-7,15-16,19,23H,4-5,8-14H2,1H3/t15-,16-,19-/m1/s1. The highest BCUT2D eigenvalue weighted by atomic mass is 19.1. The van der Waals surface area contributed by atoms with Crippen LogP contribution < -0.4 is 4.90 Å². The minimum atomic E-state index is -0.446. The Morgan fingerprint density at radius 1 is 1.21 bits per heavy atom. The summed E-state index contributed by atoms with van der Waals surface area (Å²) in [5.74, 6) is 0.451. The molecule has 1 aliphatic heterocycles. The Labute approximate surface area is 144 Å². The fraction of sp³-hybridized carbons (Fsp3) is 0.684. The van der Waals surface area contributed by atoms with Crippen LogP contribution in [0.1, 0.15) is 26.2 Å². The number of anilines is 1. The van der Waals surface area contributed by atoms with Crippen molar-refractivity contribution in [1.82, 2.24) is 4.90 Å². The third kappa shape index (κ3) is 4.47. The molecule has 5 heteroatoms. The lowest BCUT2D eigenvalue weighted by molar-refractivity contribution is -0.0321. The summed E-state index contributed by atoms with van der Waals surface area (Å²) >= 11 is 0. The van der Waals surface area contributed by atoms with Crippen molar-refractivity contribution in [3.63, 3.8) is 0 Å². The second-order valence-corrected chi connectivity index (χ2v) is 7.17. The lowest BCUT2D eigenvalue weighted by Crippen LogP contribution is -2.49. The lowest BCUT2D eigenvalue weighted by atomic mass is 10.1. The van der Waals surface area contributed by atoms with E-state index < -0.39 is 6.10 Å². The van der Waals surface area contributed by atoms with Crippen LogP contribution in [0.25, 0.3) is 0 Å². The summed E-state index contributed by atoms with van der Waals surface area (Å²) in [7, 11) is 0. The van der Waals surface area contributed by atoms with Gasteiger partial charge in [0.1, 0.15) is 5.82 Å². The second kappa shape index (κ2) is 8.28. The third-order valence-electron chi connectivity index (χ3n) is 5.32. The summed E-state index contributed by atoms with van der Waals surface area (Å²) in [6.07, 6.45) is 3.46. The maximum Gasteiger partial charge on any atom is 0.146 e. The van der Waals surface area contributed by atoms with Gasteiger partial charge in [-0.1, -0.05) is 25.5 Å². The molecule has 2 aliphatic rings. The van der Waals surface area contributed by atoms with Gasteiger partial charge in [0, 0.05) is 32.7 Å². The Bertz CT molecular complexity index is 520. The zero-order valence-corrected chi connectivity index (χ0v) is 14.5. The van der Waals surface area contributed by atoms with E-state index in [1.807, 2.05) is 12.1 Å². The second-order valence-electron chi connectivity index (χ2n) is 7.17. The number of benzene rings is 1. The van der Waals surface area contributed by atoms with Gasteiger partial charge in [-0.3, -0.25) is 4.90 Å². The van der Waals surface area contributed by atoms with Gasteiger partial charge in [0.15, 0.2) is 0 Å². The van der Waals surface area contributed by atoms with Crippen molar-refractivity contribution in [3.05, 3.63) is 30.1 Å². The van der Waals surface area contributed by atoms with Gasteiger partial charge in [0.05, 0.1) is 24.5 Å². The van der Waals surface area contributed by atoms with E-state index in [0.29, 0.717) is 30.9 Å². The Kier molecular flexibility index (Phi) is 6.09. The zero-order chi connectivity index (χ0) is 16.9. The van der Waals surface area contributed by atoms with Gasteiger partial charge >= 0.3 is 0 Å². The molecule has 134 valence electrons. The average molecular weight is 336 g/mol. The predicted octanol–water partition coefficient (Wildman–Crippen LogP) is 2.51. The topological polar surface area (TPSA) is 35.9 Å². The molecule has 0 amide bonds. The summed E-state index contributed by atoms with van der Waals surface area (Å²) in [4.78, 5) is 4.32. The van der Waals surface area contributed by atoms with Crippen LogP contribution in [-0.4, -0.2) is 61.5 Å². The largest absolute Gasteiger partial charge is 0.389 e. The fourth-order valence-electron chi connectivity index (χ4n) is 3.82. The molecule has 1 heterocycles. The maximum atomic E-state index is 13.8. The summed E-state index contributed by atoms with van der Waals surface area (Å²) in [6.45, 7) is 6.53. The number of β-amino-alcohol motifs (C(OH)–C–C–N with tert-alkyl or cyclic N) is 1. The van der Waals surface area contributed by atoms with E-state index in [2.05, 4.69) is 16.7 Å². The number of nitrogens with zero attached hydrogens (tertiary/aromatic N) is 2. The first-order chi connectivity index (χ1) is 11.6. The molecule has 0 spiro atoms. The van der Waals surface area contributed by atoms with Gasteiger partial charge in [-0.2, -0.15) is 0 Å². The average Bonchev–Trinajstić information content (AvgIpc) is 2.99. The van der Waals surface area contributed by atoms with Crippen molar-refractivity contribution < 1.29 is 14.2 Å². The fourth-order valence-corrected chi connectivity index (χ4v) is 3.82. The number of para-hydroxylation sites is 1. The number of hydrogen-bond acceptors (Lipinski definition) is 4. The minimum absolute atomic E-state index is 0.162. The molecule has 1 aliphatic carbocycles. The monoisotopic (exact) mass is 336 g/mol. The maximum absolute atomic E-state index is 13.8. The molecule has 0 bridgehead atoms. The minimum Gasteiger partial charge on any atom is -0.389 e. The molecule has 0 radical (unpaired) electrons. The molecule has 2 fully saturated rings. The van der Waals surface area contributed by atoms with Crippen LogP contribution in [0.5, 0.6) is 0 Å². The van der Waals surface area contributed by atoms with E-state index in [9.17, 15) is 9.50 Å². The Hall–Kier alpha value is -1.17. The van der Waals surface area contributed by atoms with Crippen LogP contribution >= 0.6 is 0 Å². The first kappa shape index (κ1) is 17.6. The van der Waals surface area contributed by atoms with Crippen molar-refractivity contribution in [2.24, 2.45) is 5.92 Å². The van der Waals surface area contributed by atoms with Crippen LogP contribution in [0.3, 0.4) is 0 Å². The van der Waals surface area contributed by atoms with Gasteiger partial charge in [0.2, 0.25) is 0 Å². The van der Waals surface area contributed by atoms with Gasteiger partial charge in [-0.25, -0.2) is 4.39 Å². The Balaban J connectivity index is 1.39. The van der Waals surface area contributed by atoms with Gasteiger partial charge in [0.25, 0.3) is 0 Å². The smallest absolute Gasteiger partial charge is 0.146 e. The number of hydrogen-bond donors (Lipinski definition) is 1. The van der Waals surface area contributed by atoms with E-state index in [-0.39, 0.29) is 5.82 Å². The number of aliphatic hydroxyl groups is 1. The van der Waals surface area contributed by atoms with Crippen LogP contribution in [0.15, 0.2) is 24.3 Å². The molecule has 4 nitrogen and oxygen atoms in total. The molecule has 0 aromatic heterocycles. The van der Waals surface area contributed by atoms with Crippen molar-refractivity contribution in [2.75, 3.05) is 44.2 Å². The predicted molar refractivity (Wildman–Crippen MR) is 93.8 cm³/mol. The number of rotatable bonds is 6. The van der Waals surface area contributed by atoms with Crippen LogP contribution in [-0.2, 0) is 4.74 Å². The molecule has 0 unspecified atom stereocenters. The van der Waals surface area contributed by atoms with E-state index in [1.165, 1.54) is 18.9 Å². The SMILES string of the molecule is C[C@@H]1CCC[C@H]1OC[C@H](O)CN1CCN(c2ccccc2F)CC1. The number of halogens is 1. The van der Waals surface area contributed by atoms with Gasteiger partial charge in [-0.15, -0.1) is 0 Å². The molecule has 1 saturated carbocycles. The molecule has 3 atom stereocenters. The molecule has 1 aromatic carbocycles. The summed E-state index contributed by atoms with van der Waals surface area (Å²) in [6, 6.07) is 6.93. The van der Waals surface area contributed by atoms with Crippen LogP contribution in [0, 0.1) is 11.7 Å². The molecular weight excluding hydrogens is 307 g/mol. The van der Waals surface area contributed by atoms with Gasteiger partial charge < -0.3 is 14.7 Å². The summed E-state index contributed by atoms with van der Waals surface area (Å²) in [5.41, 5.74) is 0.677. The molecule has 24 heavy (non-hydrogen) atoms. The van der Waals surface area contributed by atoms with Crippen molar-refractivity contribution in [1.29, 1.82) is 0 Å². The summed E-state index contributed by atoms with van der Waals surface area (Å²) < 4.78 is 19.7. The highest BCUT2D eigenvalue weighted by Crippen LogP contribution is 2.27. The molecule has 1 saturated heterocycles. The van der Waals surface area contributed by atoms with Crippen LogP contribution in [0.4, 0.5) is 10.1 Å². The number of piperazine rings is 1. The normalized spacial score (nSPS) is 26.7. The summed E-state index contributed by atoms with van der Waals surface area (Å²) in [5, 5.41) is 10.2. The number of ether oxygens (including phenoxy) is 1. The van der Waals surface area contributed by atoms with Gasteiger partial charge in [-0.05, 0) is 30.9 Å². The number of aliphatic hydroxyl groups excluding tert-OH is 1. The Morgan fingerprint density at radius 3 is 2.62 bits per heavy atom. The Morgan fingerprint density at radius 2 is 1.96 bits per heavy atom. The van der Waals surface area contributed by atoms with Crippen molar-refractivity contribution in [3.8, 4) is 0 Å². The van der Waals surface area contributed by atoms with E-state index in [0.717, 1.165) is 32.6 Å². The molecule has 1 aromatic rings. The highest BCUT2D eigenvalue weighted by Gasteiger charge is 2.26. The van der Waals surface area contributed by atoms with E-state index in [4.69, 9.17) is 4.74 Å². The molecule has 1 N–H and O–H groups in total. The molecule has 3 rings (SSSR count). The third-order valence-corrected chi connectivity index (χ3v) is 5.32. The van der Waals surface area contributed by atoms with Crippen LogP contribution in [0.2, 0.25) is 0 Å². The lowest BCUT2D eigenvalue weighted by Gasteiger charge is -2.37. The zero-order valence-electron chi connectivity index (χ0n) is 14.5. The van der Waals surface area contributed by atoms with Crippen molar-refractivity contribution >= 4 is 5.69 Å². The first-order valence-corrected chi connectivity index (χ1v) is 9.15. The first-order valence-electron chi connectivity index (χ1n) is 9.15. The quantitative estimate of drug-likeness (QED) is 0.866. The van der Waals surface area contributed by atoms with Crippen molar-refractivity contribution in [2.45, 2.75) is 38.4 Å². The van der Waals surface area contributed by atoms with E-state index >= 15 is 0 Å².